The molecule has 1 aromatic carbocycles. The van der Waals surface area contributed by atoms with Crippen molar-refractivity contribution in [1.29, 1.82) is 0 Å². The Hall–Kier alpha value is -1.84. The molecular formula is C13H17NO3. The van der Waals surface area contributed by atoms with Crippen LogP contribution >= 0.6 is 0 Å². The van der Waals surface area contributed by atoms with Crippen LogP contribution in [0.25, 0.3) is 0 Å². The highest BCUT2D eigenvalue weighted by atomic mass is 16.4. The van der Waals surface area contributed by atoms with E-state index in [1.165, 1.54) is 17.4 Å². The maximum atomic E-state index is 11.8. The third-order valence-corrected chi connectivity index (χ3v) is 2.80. The number of aliphatic carboxylic acids is 1. The lowest BCUT2D eigenvalue weighted by molar-refractivity contribution is -0.145. The molecule has 1 amide bonds. The number of nitrogens with zero attached hydrogens (tertiary/aromatic N) is 1. The van der Waals surface area contributed by atoms with Crippen LogP contribution in [-0.4, -0.2) is 24.0 Å². The Morgan fingerprint density at radius 2 is 1.82 bits per heavy atom. The summed E-state index contributed by atoms with van der Waals surface area (Å²) in [6.07, 6.45) is 0.934. The number of carboxylic acid groups (broad SMARTS) is 1. The van der Waals surface area contributed by atoms with Gasteiger partial charge in [0, 0.05) is 12.7 Å². The molecule has 4 heteroatoms. The third kappa shape index (κ3) is 3.06. The first kappa shape index (κ1) is 13.2. The molecule has 0 spiro atoms. The molecule has 0 aromatic heterocycles. The summed E-state index contributed by atoms with van der Waals surface area (Å²) in [5.41, 5.74) is 1.89. The lowest BCUT2D eigenvalue weighted by Crippen LogP contribution is -2.35. The number of hydrogen-bond acceptors (Lipinski definition) is 2. The Kier molecular flexibility index (Phi) is 4.26. The van der Waals surface area contributed by atoms with E-state index >= 15 is 0 Å². The zero-order valence-electron chi connectivity index (χ0n) is 10.3. The molecule has 0 heterocycles. The Labute approximate surface area is 101 Å². The second kappa shape index (κ2) is 5.48. The van der Waals surface area contributed by atoms with Crippen molar-refractivity contribution >= 4 is 17.6 Å². The summed E-state index contributed by atoms with van der Waals surface area (Å²) in [5.74, 6) is -2.54. The second-order valence-corrected chi connectivity index (χ2v) is 3.98. The van der Waals surface area contributed by atoms with Gasteiger partial charge in [-0.25, -0.2) is 0 Å². The molecule has 1 rings (SSSR count). The molecule has 1 N–H and O–H groups in total. The summed E-state index contributed by atoms with van der Waals surface area (Å²) in [4.78, 5) is 23.9. The van der Waals surface area contributed by atoms with Gasteiger partial charge in [-0.05, 0) is 31.0 Å². The number of rotatable bonds is 4. The zero-order valence-corrected chi connectivity index (χ0v) is 10.3. The molecule has 0 fully saturated rings. The van der Waals surface area contributed by atoms with E-state index in [0.717, 1.165) is 6.42 Å². The quantitative estimate of drug-likeness (QED) is 0.811. The normalized spacial score (nSPS) is 11.9. The van der Waals surface area contributed by atoms with Crippen LogP contribution in [-0.2, 0) is 16.0 Å². The molecule has 0 aliphatic heterocycles. The van der Waals surface area contributed by atoms with E-state index in [1.807, 2.05) is 24.3 Å². The molecule has 0 bridgehead atoms. The molecule has 17 heavy (non-hydrogen) atoms. The fourth-order valence-electron chi connectivity index (χ4n) is 1.48. The summed E-state index contributed by atoms with van der Waals surface area (Å²) < 4.78 is 0. The topological polar surface area (TPSA) is 57.6 Å². The van der Waals surface area contributed by atoms with Gasteiger partial charge in [0.05, 0.1) is 0 Å². The van der Waals surface area contributed by atoms with Crippen molar-refractivity contribution in [3.05, 3.63) is 29.8 Å². The second-order valence-electron chi connectivity index (χ2n) is 3.98. The summed E-state index contributed by atoms with van der Waals surface area (Å²) in [5, 5.41) is 8.78. The number of hydrogen-bond donors (Lipinski definition) is 1. The van der Waals surface area contributed by atoms with E-state index in [1.54, 1.807) is 7.05 Å². The van der Waals surface area contributed by atoms with Crippen LogP contribution < -0.4 is 4.90 Å². The van der Waals surface area contributed by atoms with Crippen LogP contribution in [0, 0.1) is 5.92 Å². The van der Waals surface area contributed by atoms with E-state index < -0.39 is 17.8 Å². The molecular weight excluding hydrogens is 218 g/mol. The van der Waals surface area contributed by atoms with Crippen LogP contribution in [0.4, 0.5) is 5.69 Å². The monoisotopic (exact) mass is 235 g/mol. The Bertz CT molecular complexity index is 411. The highest BCUT2D eigenvalue weighted by Crippen LogP contribution is 2.16. The smallest absolute Gasteiger partial charge is 0.315 e. The summed E-state index contributed by atoms with van der Waals surface area (Å²) in [7, 11) is 1.59. The van der Waals surface area contributed by atoms with Gasteiger partial charge in [-0.15, -0.1) is 0 Å². The average molecular weight is 235 g/mol. The van der Waals surface area contributed by atoms with Gasteiger partial charge >= 0.3 is 5.97 Å². The van der Waals surface area contributed by atoms with E-state index in [0.29, 0.717) is 5.69 Å². The molecule has 4 nitrogen and oxygen atoms in total. The molecule has 0 aliphatic rings. The molecule has 0 saturated heterocycles. The van der Waals surface area contributed by atoms with Crippen LogP contribution in [0.2, 0.25) is 0 Å². The minimum atomic E-state index is -1.10. The Morgan fingerprint density at radius 3 is 2.24 bits per heavy atom. The number of anilines is 1. The predicted molar refractivity (Wildman–Crippen MR) is 66.0 cm³/mol. The lowest BCUT2D eigenvalue weighted by atomic mass is 10.1. The van der Waals surface area contributed by atoms with Gasteiger partial charge < -0.3 is 10.0 Å². The van der Waals surface area contributed by atoms with E-state index in [-0.39, 0.29) is 0 Å². The number of amides is 1. The van der Waals surface area contributed by atoms with Crippen molar-refractivity contribution in [2.45, 2.75) is 20.3 Å². The number of carboxylic acids is 1. The Morgan fingerprint density at radius 1 is 1.29 bits per heavy atom. The summed E-state index contributed by atoms with van der Waals surface area (Å²) in [6, 6.07) is 7.52. The van der Waals surface area contributed by atoms with Crippen LogP contribution in [0.5, 0.6) is 0 Å². The van der Waals surface area contributed by atoms with Gasteiger partial charge in [0.25, 0.3) is 0 Å². The number of aryl methyl sites for hydroxylation is 1. The van der Waals surface area contributed by atoms with E-state index in [2.05, 4.69) is 6.92 Å². The number of carbonyl (C=O) groups is 2. The van der Waals surface area contributed by atoms with Gasteiger partial charge in [-0.3, -0.25) is 9.59 Å². The predicted octanol–water partition coefficient (Wildman–Crippen LogP) is 1.93. The SMILES string of the molecule is CCc1ccc(N(C)C(=O)C(C)C(=O)O)cc1. The van der Waals surface area contributed by atoms with Crippen molar-refractivity contribution in [1.82, 2.24) is 0 Å². The van der Waals surface area contributed by atoms with Crippen molar-refractivity contribution in [2.75, 3.05) is 11.9 Å². The third-order valence-electron chi connectivity index (χ3n) is 2.80. The maximum absolute atomic E-state index is 11.8. The molecule has 1 unspecified atom stereocenters. The maximum Gasteiger partial charge on any atom is 0.315 e. The molecule has 0 radical (unpaired) electrons. The first-order chi connectivity index (χ1) is 7.97. The van der Waals surface area contributed by atoms with E-state index in [9.17, 15) is 9.59 Å². The van der Waals surface area contributed by atoms with E-state index in [4.69, 9.17) is 5.11 Å². The summed E-state index contributed by atoms with van der Waals surface area (Å²) in [6.45, 7) is 3.44. The highest BCUT2D eigenvalue weighted by Gasteiger charge is 2.24. The Balaban J connectivity index is 2.84. The van der Waals surface area contributed by atoms with Gasteiger partial charge in [-0.1, -0.05) is 19.1 Å². The first-order valence-electron chi connectivity index (χ1n) is 5.56. The van der Waals surface area contributed by atoms with Crippen molar-refractivity contribution in [3.63, 3.8) is 0 Å². The average Bonchev–Trinajstić information content (AvgIpc) is 2.36. The standard InChI is InChI=1S/C13H17NO3/c1-4-10-5-7-11(8-6-10)14(3)12(15)9(2)13(16)17/h5-9H,4H2,1-3H3,(H,16,17). The molecule has 1 aromatic rings. The van der Waals surface area contributed by atoms with Gasteiger partial charge in [0.2, 0.25) is 5.91 Å². The lowest BCUT2D eigenvalue weighted by Gasteiger charge is -2.19. The van der Waals surface area contributed by atoms with Gasteiger partial charge in [0.1, 0.15) is 5.92 Å². The minimum absolute atomic E-state index is 0.415. The zero-order chi connectivity index (χ0) is 13.0. The van der Waals surface area contributed by atoms with Gasteiger partial charge in [-0.2, -0.15) is 0 Å². The van der Waals surface area contributed by atoms with Crippen molar-refractivity contribution < 1.29 is 14.7 Å². The van der Waals surface area contributed by atoms with Crippen molar-refractivity contribution in [3.8, 4) is 0 Å². The van der Waals surface area contributed by atoms with Crippen LogP contribution in [0.3, 0.4) is 0 Å². The van der Waals surface area contributed by atoms with Gasteiger partial charge in [0.15, 0.2) is 0 Å². The fourth-order valence-corrected chi connectivity index (χ4v) is 1.48. The largest absolute Gasteiger partial charge is 0.481 e. The fraction of sp³-hybridized carbons (Fsp3) is 0.385. The first-order valence-corrected chi connectivity index (χ1v) is 5.56. The molecule has 92 valence electrons. The minimum Gasteiger partial charge on any atom is -0.481 e. The van der Waals surface area contributed by atoms with Crippen LogP contribution in [0.1, 0.15) is 19.4 Å². The van der Waals surface area contributed by atoms with Crippen molar-refractivity contribution in [2.24, 2.45) is 5.92 Å². The molecule has 0 aliphatic carbocycles. The number of carbonyl (C=O) groups excluding carboxylic acids is 1. The highest BCUT2D eigenvalue weighted by molar-refractivity contribution is 6.05. The van der Waals surface area contributed by atoms with Crippen LogP contribution in [0.15, 0.2) is 24.3 Å². The molecule has 1 atom stereocenters. The molecule has 0 saturated carbocycles. The number of benzene rings is 1. The summed E-state index contributed by atoms with van der Waals surface area (Å²) >= 11 is 0.